The van der Waals surface area contributed by atoms with Crippen molar-refractivity contribution in [3.63, 3.8) is 0 Å². The van der Waals surface area contributed by atoms with Gasteiger partial charge in [-0.05, 0) is 22.4 Å². The number of ether oxygens (including phenoxy) is 3. The summed E-state index contributed by atoms with van der Waals surface area (Å²) in [5, 5.41) is 5.64. The zero-order chi connectivity index (χ0) is 20.4. The molecule has 9 nitrogen and oxygen atoms in total. The molecule has 3 heterocycles. The maximum Gasteiger partial charge on any atom is 0.223 e. The van der Waals surface area contributed by atoms with Crippen LogP contribution in [0.5, 0.6) is 17.2 Å². The number of aromatic nitrogens is 5. The summed E-state index contributed by atoms with van der Waals surface area (Å²) in [6, 6.07) is 0. The average Bonchev–Trinajstić information content (AvgIpc) is 3.05. The monoisotopic (exact) mass is 450 g/mol. The summed E-state index contributed by atoms with van der Waals surface area (Å²) in [6.07, 6.45) is 2.53. The topological polar surface area (TPSA) is 110 Å². The van der Waals surface area contributed by atoms with Gasteiger partial charge in [0, 0.05) is 5.92 Å². The SMILES string of the molecule is CCC(C)c1nn(Cc2ncc(OC)c(OC)c2OC)c2nc(N)nc(Br)c12. The molecule has 150 valence electrons. The number of fused-ring (bicyclic) bond motifs is 1. The van der Waals surface area contributed by atoms with Crippen LogP contribution in [0.4, 0.5) is 5.95 Å². The molecule has 1 unspecified atom stereocenters. The number of hydrogen-bond acceptors (Lipinski definition) is 8. The second-order valence-corrected chi connectivity index (χ2v) is 7.01. The highest BCUT2D eigenvalue weighted by Crippen LogP contribution is 2.39. The van der Waals surface area contributed by atoms with E-state index < -0.39 is 0 Å². The Bertz CT molecular complexity index is 1010. The third-order valence-corrected chi connectivity index (χ3v) is 5.20. The van der Waals surface area contributed by atoms with Crippen LogP contribution in [0, 0.1) is 0 Å². The molecule has 0 aromatic carbocycles. The summed E-state index contributed by atoms with van der Waals surface area (Å²) in [4.78, 5) is 13.1. The molecule has 28 heavy (non-hydrogen) atoms. The van der Waals surface area contributed by atoms with E-state index in [9.17, 15) is 0 Å². The molecule has 1 atom stereocenters. The molecular weight excluding hydrogens is 428 g/mol. The zero-order valence-corrected chi connectivity index (χ0v) is 18.1. The summed E-state index contributed by atoms with van der Waals surface area (Å²) < 4.78 is 18.7. The number of halogens is 1. The Hall–Kier alpha value is -2.62. The first kappa shape index (κ1) is 20.1. The number of hydrogen-bond donors (Lipinski definition) is 1. The van der Waals surface area contributed by atoms with Crippen LogP contribution in [-0.2, 0) is 6.54 Å². The van der Waals surface area contributed by atoms with E-state index >= 15 is 0 Å². The quantitative estimate of drug-likeness (QED) is 0.546. The Morgan fingerprint density at radius 1 is 1.14 bits per heavy atom. The molecule has 0 amide bonds. The number of nitrogens with two attached hydrogens (primary N) is 1. The summed E-state index contributed by atoms with van der Waals surface area (Å²) in [6.45, 7) is 4.55. The van der Waals surface area contributed by atoms with E-state index in [-0.39, 0.29) is 11.9 Å². The van der Waals surface area contributed by atoms with Crippen LogP contribution < -0.4 is 19.9 Å². The second-order valence-electron chi connectivity index (χ2n) is 6.26. The summed E-state index contributed by atoms with van der Waals surface area (Å²) in [7, 11) is 4.67. The van der Waals surface area contributed by atoms with E-state index in [2.05, 4.69) is 44.7 Å². The van der Waals surface area contributed by atoms with Crippen LogP contribution in [0.2, 0.25) is 0 Å². The molecule has 3 aromatic rings. The lowest BCUT2D eigenvalue weighted by Crippen LogP contribution is -2.09. The maximum atomic E-state index is 5.87. The number of rotatable bonds is 7. The minimum Gasteiger partial charge on any atom is -0.491 e. The van der Waals surface area contributed by atoms with E-state index in [0.29, 0.717) is 39.7 Å². The van der Waals surface area contributed by atoms with Gasteiger partial charge in [-0.3, -0.25) is 4.98 Å². The van der Waals surface area contributed by atoms with Crippen molar-refractivity contribution in [1.82, 2.24) is 24.7 Å². The molecule has 0 bridgehead atoms. The largest absolute Gasteiger partial charge is 0.491 e. The number of methoxy groups -OCH3 is 3. The Balaban J connectivity index is 2.18. The van der Waals surface area contributed by atoms with Crippen molar-refractivity contribution >= 4 is 32.9 Å². The fourth-order valence-corrected chi connectivity index (χ4v) is 3.58. The molecule has 0 aliphatic rings. The van der Waals surface area contributed by atoms with Gasteiger partial charge in [0.1, 0.15) is 10.3 Å². The van der Waals surface area contributed by atoms with Crippen molar-refractivity contribution in [2.45, 2.75) is 32.7 Å². The maximum absolute atomic E-state index is 5.87. The van der Waals surface area contributed by atoms with Gasteiger partial charge in [0.25, 0.3) is 0 Å². The highest BCUT2D eigenvalue weighted by molar-refractivity contribution is 9.10. The molecule has 2 N–H and O–H groups in total. The first-order valence-corrected chi connectivity index (χ1v) is 9.57. The molecule has 0 fully saturated rings. The molecule has 0 spiro atoms. The minimum atomic E-state index is 0.170. The van der Waals surface area contributed by atoms with Gasteiger partial charge in [-0.2, -0.15) is 10.1 Å². The highest BCUT2D eigenvalue weighted by atomic mass is 79.9. The van der Waals surface area contributed by atoms with Gasteiger partial charge in [-0.25, -0.2) is 9.67 Å². The number of pyridine rings is 1. The van der Waals surface area contributed by atoms with Crippen molar-refractivity contribution in [3.8, 4) is 17.2 Å². The van der Waals surface area contributed by atoms with E-state index in [1.807, 2.05) is 0 Å². The Morgan fingerprint density at radius 3 is 2.46 bits per heavy atom. The van der Waals surface area contributed by atoms with Crippen molar-refractivity contribution in [1.29, 1.82) is 0 Å². The van der Waals surface area contributed by atoms with Crippen LogP contribution in [0.25, 0.3) is 11.0 Å². The number of nitrogens with zero attached hydrogens (tertiary/aromatic N) is 5. The van der Waals surface area contributed by atoms with Crippen LogP contribution in [0.15, 0.2) is 10.8 Å². The average molecular weight is 451 g/mol. The summed E-state index contributed by atoms with van der Waals surface area (Å²) >= 11 is 3.50. The van der Waals surface area contributed by atoms with Crippen LogP contribution in [-0.4, -0.2) is 46.1 Å². The summed E-state index contributed by atoms with van der Waals surface area (Å²) in [5.41, 5.74) is 8.05. The van der Waals surface area contributed by atoms with Crippen molar-refractivity contribution < 1.29 is 14.2 Å². The Morgan fingerprint density at radius 2 is 1.86 bits per heavy atom. The summed E-state index contributed by atoms with van der Waals surface area (Å²) in [5.74, 6) is 1.85. The van der Waals surface area contributed by atoms with Gasteiger partial charge in [0.05, 0.1) is 45.2 Å². The predicted octanol–water partition coefficient (Wildman–Crippen LogP) is 3.15. The van der Waals surface area contributed by atoms with Gasteiger partial charge in [0.2, 0.25) is 11.7 Å². The van der Waals surface area contributed by atoms with Gasteiger partial charge < -0.3 is 19.9 Å². The molecule has 3 rings (SSSR count). The fourth-order valence-electron chi connectivity index (χ4n) is 3.02. The lowest BCUT2D eigenvalue weighted by molar-refractivity contribution is 0.318. The van der Waals surface area contributed by atoms with Crippen LogP contribution in [0.1, 0.15) is 37.6 Å². The normalized spacial score (nSPS) is 12.2. The van der Waals surface area contributed by atoms with Gasteiger partial charge in [-0.15, -0.1) is 0 Å². The molecule has 0 saturated heterocycles. The number of anilines is 1. The lowest BCUT2D eigenvalue weighted by Gasteiger charge is -2.15. The zero-order valence-electron chi connectivity index (χ0n) is 16.5. The lowest BCUT2D eigenvalue weighted by atomic mass is 10.0. The van der Waals surface area contributed by atoms with E-state index in [1.165, 1.54) is 0 Å². The standard InChI is InChI=1S/C18H23BrN6O3/c1-6-9(2)13-12-16(19)22-18(20)23-17(12)25(24-13)8-10-14(27-4)15(28-5)11(26-3)7-21-10/h7,9H,6,8H2,1-5H3,(H2,20,22,23). The minimum absolute atomic E-state index is 0.170. The van der Waals surface area contributed by atoms with Gasteiger partial charge in [-0.1, -0.05) is 13.8 Å². The third-order valence-electron chi connectivity index (χ3n) is 4.63. The predicted molar refractivity (Wildman–Crippen MR) is 109 cm³/mol. The first-order valence-electron chi connectivity index (χ1n) is 8.78. The first-order chi connectivity index (χ1) is 13.4. The molecule has 0 radical (unpaired) electrons. The van der Waals surface area contributed by atoms with Gasteiger partial charge in [0.15, 0.2) is 17.1 Å². The number of nitrogen functional groups attached to an aromatic ring is 1. The molecule has 0 saturated carbocycles. The van der Waals surface area contributed by atoms with Crippen LogP contribution >= 0.6 is 15.9 Å². The Labute approximate surface area is 171 Å². The van der Waals surface area contributed by atoms with Gasteiger partial charge >= 0.3 is 0 Å². The third kappa shape index (κ3) is 3.44. The molecular formula is C18H23BrN6O3. The van der Waals surface area contributed by atoms with E-state index in [4.69, 9.17) is 25.0 Å². The highest BCUT2D eigenvalue weighted by Gasteiger charge is 2.23. The molecule has 0 aliphatic carbocycles. The van der Waals surface area contributed by atoms with Crippen molar-refractivity contribution in [2.75, 3.05) is 27.1 Å². The molecule has 3 aromatic heterocycles. The second kappa shape index (κ2) is 8.17. The van der Waals surface area contributed by atoms with Crippen LogP contribution in [0.3, 0.4) is 0 Å². The fraction of sp³-hybridized carbons (Fsp3) is 0.444. The van der Waals surface area contributed by atoms with E-state index in [1.54, 1.807) is 32.2 Å². The van der Waals surface area contributed by atoms with Crippen molar-refractivity contribution in [3.05, 3.63) is 22.2 Å². The van der Waals surface area contributed by atoms with E-state index in [0.717, 1.165) is 17.5 Å². The van der Waals surface area contributed by atoms with Crippen molar-refractivity contribution in [2.24, 2.45) is 0 Å². The smallest absolute Gasteiger partial charge is 0.223 e. The molecule has 10 heteroatoms. The Kier molecular flexibility index (Phi) is 5.87. The molecule has 0 aliphatic heterocycles.